The minimum atomic E-state index is -0.898. The number of rotatable bonds is 5. The van der Waals surface area contributed by atoms with Gasteiger partial charge in [0.15, 0.2) is 0 Å². The molecule has 3 N–H and O–H groups in total. The fourth-order valence-corrected chi connectivity index (χ4v) is 2.65. The first kappa shape index (κ1) is 17.1. The van der Waals surface area contributed by atoms with Crippen molar-refractivity contribution in [3.63, 3.8) is 0 Å². The number of nitrogens with two attached hydrogens (primary N) is 1. The van der Waals surface area contributed by atoms with Gasteiger partial charge in [0.2, 0.25) is 5.91 Å². The van der Waals surface area contributed by atoms with Crippen LogP contribution in [0.4, 0.5) is 0 Å². The molecule has 3 rings (SSSR count). The summed E-state index contributed by atoms with van der Waals surface area (Å²) >= 11 is 0. The second-order valence-corrected chi connectivity index (χ2v) is 5.83. The van der Waals surface area contributed by atoms with Crippen molar-refractivity contribution in [2.75, 3.05) is 0 Å². The summed E-state index contributed by atoms with van der Waals surface area (Å²) in [4.78, 5) is 28.6. The first-order chi connectivity index (χ1) is 12.6. The predicted molar refractivity (Wildman–Crippen MR) is 97.1 cm³/mol. The summed E-state index contributed by atoms with van der Waals surface area (Å²) in [5.41, 5.74) is 7.55. The van der Waals surface area contributed by atoms with Crippen LogP contribution < -0.4 is 11.1 Å². The molecular formula is C20H16N4O2. The Morgan fingerprint density at radius 3 is 2.69 bits per heavy atom. The highest BCUT2D eigenvalue weighted by atomic mass is 16.2. The Bertz CT molecular complexity index is 1020. The highest BCUT2D eigenvalue weighted by molar-refractivity contribution is 5.97. The number of benzene rings is 2. The zero-order valence-corrected chi connectivity index (χ0v) is 13.8. The Balaban J connectivity index is 1.79. The number of pyridine rings is 1. The van der Waals surface area contributed by atoms with Crippen LogP contribution in [-0.2, 0) is 11.2 Å². The molecule has 3 aromatic rings. The van der Waals surface area contributed by atoms with Crippen LogP contribution in [-0.4, -0.2) is 22.8 Å². The van der Waals surface area contributed by atoms with Gasteiger partial charge in [0.1, 0.15) is 11.7 Å². The molecule has 0 bridgehead atoms. The minimum Gasteiger partial charge on any atom is -0.368 e. The zero-order valence-electron chi connectivity index (χ0n) is 13.8. The van der Waals surface area contributed by atoms with Crippen LogP contribution >= 0.6 is 0 Å². The maximum atomic E-state index is 12.5. The maximum Gasteiger partial charge on any atom is 0.270 e. The second kappa shape index (κ2) is 7.45. The van der Waals surface area contributed by atoms with Crippen molar-refractivity contribution in [3.8, 4) is 6.07 Å². The number of para-hydroxylation sites is 1. The van der Waals surface area contributed by atoms with Gasteiger partial charge in [0, 0.05) is 11.8 Å². The number of carbonyl (C=O) groups excluding carboxylic acids is 2. The molecule has 0 saturated carbocycles. The van der Waals surface area contributed by atoms with E-state index in [1.54, 1.807) is 36.4 Å². The first-order valence-electron chi connectivity index (χ1n) is 8.02. The highest BCUT2D eigenvalue weighted by Crippen LogP contribution is 2.12. The lowest BCUT2D eigenvalue weighted by Crippen LogP contribution is -2.46. The number of nitrogens with one attached hydrogen (secondary N) is 1. The Labute approximate surface area is 150 Å². The van der Waals surface area contributed by atoms with Crippen LogP contribution in [0.3, 0.4) is 0 Å². The Hall–Kier alpha value is -3.72. The smallest absolute Gasteiger partial charge is 0.270 e. The summed E-state index contributed by atoms with van der Waals surface area (Å²) in [6.07, 6.45) is 0.199. The van der Waals surface area contributed by atoms with E-state index in [1.165, 1.54) is 0 Å². The molecule has 0 fully saturated rings. The van der Waals surface area contributed by atoms with E-state index in [4.69, 9.17) is 11.0 Å². The highest BCUT2D eigenvalue weighted by Gasteiger charge is 2.20. The maximum absolute atomic E-state index is 12.5. The Morgan fingerprint density at radius 1 is 1.12 bits per heavy atom. The number of aromatic nitrogens is 1. The molecule has 1 atom stereocenters. The predicted octanol–water partition coefficient (Wildman–Crippen LogP) is 1.93. The van der Waals surface area contributed by atoms with Crippen molar-refractivity contribution < 1.29 is 9.59 Å². The summed E-state index contributed by atoms with van der Waals surface area (Å²) in [5, 5.41) is 12.5. The van der Waals surface area contributed by atoms with E-state index in [0.717, 1.165) is 10.9 Å². The third-order valence-corrected chi connectivity index (χ3v) is 3.98. The van der Waals surface area contributed by atoms with E-state index in [0.29, 0.717) is 11.1 Å². The van der Waals surface area contributed by atoms with E-state index in [9.17, 15) is 9.59 Å². The minimum absolute atomic E-state index is 0.199. The first-order valence-corrected chi connectivity index (χ1v) is 8.02. The van der Waals surface area contributed by atoms with Crippen LogP contribution in [0.1, 0.15) is 21.6 Å². The molecule has 2 amide bonds. The standard InChI is InChI=1S/C20H16N4O2/c21-12-14-5-3-4-13(10-14)11-18(19(22)25)24-20(26)17-9-8-15-6-1-2-7-16(15)23-17/h1-10,18H,11H2,(H2,22,25)(H,24,26)/t18-/m1/s1. The molecule has 0 unspecified atom stereocenters. The second-order valence-electron chi connectivity index (χ2n) is 5.83. The fourth-order valence-electron chi connectivity index (χ4n) is 2.65. The average molecular weight is 344 g/mol. The fraction of sp³-hybridized carbons (Fsp3) is 0.100. The Morgan fingerprint density at radius 2 is 1.92 bits per heavy atom. The normalized spacial score (nSPS) is 11.5. The van der Waals surface area contributed by atoms with Crippen LogP contribution in [0.5, 0.6) is 0 Å². The van der Waals surface area contributed by atoms with Gasteiger partial charge in [-0.15, -0.1) is 0 Å². The van der Waals surface area contributed by atoms with Gasteiger partial charge in [-0.05, 0) is 29.8 Å². The molecule has 1 aromatic heterocycles. The summed E-state index contributed by atoms with van der Waals surface area (Å²) in [6, 6.07) is 18.8. The largest absolute Gasteiger partial charge is 0.368 e. The van der Waals surface area contributed by atoms with Crippen molar-refractivity contribution in [2.45, 2.75) is 12.5 Å². The van der Waals surface area contributed by atoms with Crippen LogP contribution in [0.25, 0.3) is 10.9 Å². The lowest BCUT2D eigenvalue weighted by atomic mass is 10.0. The van der Waals surface area contributed by atoms with E-state index in [2.05, 4.69) is 10.3 Å². The van der Waals surface area contributed by atoms with Gasteiger partial charge in [0.05, 0.1) is 17.1 Å². The molecule has 0 aliphatic heterocycles. The number of nitriles is 1. The van der Waals surface area contributed by atoms with E-state index in [1.807, 2.05) is 30.3 Å². The zero-order chi connectivity index (χ0) is 18.5. The summed E-state index contributed by atoms with van der Waals surface area (Å²) < 4.78 is 0. The van der Waals surface area contributed by atoms with Crippen molar-refractivity contribution in [1.82, 2.24) is 10.3 Å². The number of hydrogen-bond donors (Lipinski definition) is 2. The molecule has 128 valence electrons. The number of fused-ring (bicyclic) bond motifs is 1. The average Bonchev–Trinajstić information content (AvgIpc) is 2.67. The number of amides is 2. The number of hydrogen-bond acceptors (Lipinski definition) is 4. The van der Waals surface area contributed by atoms with Gasteiger partial charge in [0.25, 0.3) is 5.91 Å². The lowest BCUT2D eigenvalue weighted by Gasteiger charge is -2.15. The molecule has 0 aliphatic rings. The van der Waals surface area contributed by atoms with E-state index < -0.39 is 17.9 Å². The van der Waals surface area contributed by atoms with Gasteiger partial charge in [-0.1, -0.05) is 36.4 Å². The van der Waals surface area contributed by atoms with Crippen molar-refractivity contribution in [3.05, 3.63) is 77.5 Å². The van der Waals surface area contributed by atoms with Gasteiger partial charge < -0.3 is 11.1 Å². The molecule has 0 radical (unpaired) electrons. The quantitative estimate of drug-likeness (QED) is 0.737. The molecule has 0 spiro atoms. The molecule has 2 aromatic carbocycles. The molecular weight excluding hydrogens is 328 g/mol. The van der Waals surface area contributed by atoms with Gasteiger partial charge in [-0.3, -0.25) is 9.59 Å². The monoisotopic (exact) mass is 344 g/mol. The van der Waals surface area contributed by atoms with E-state index >= 15 is 0 Å². The van der Waals surface area contributed by atoms with Gasteiger partial charge in [-0.2, -0.15) is 5.26 Å². The molecule has 6 heteroatoms. The Kier molecular flexibility index (Phi) is 4.90. The lowest BCUT2D eigenvalue weighted by molar-refractivity contribution is -0.119. The summed E-state index contributed by atoms with van der Waals surface area (Å²) in [5.74, 6) is -1.13. The third-order valence-electron chi connectivity index (χ3n) is 3.98. The topological polar surface area (TPSA) is 109 Å². The van der Waals surface area contributed by atoms with Gasteiger partial charge in [-0.25, -0.2) is 4.98 Å². The third kappa shape index (κ3) is 3.84. The SMILES string of the molecule is N#Cc1cccc(C[C@@H](NC(=O)c2ccc3ccccc3n2)C(N)=O)c1. The summed E-state index contributed by atoms with van der Waals surface area (Å²) in [7, 11) is 0. The van der Waals surface area contributed by atoms with Crippen molar-refractivity contribution in [1.29, 1.82) is 5.26 Å². The van der Waals surface area contributed by atoms with Crippen molar-refractivity contribution >= 4 is 22.7 Å². The van der Waals surface area contributed by atoms with Crippen LogP contribution in [0.2, 0.25) is 0 Å². The molecule has 26 heavy (non-hydrogen) atoms. The molecule has 0 aliphatic carbocycles. The number of primary amides is 1. The van der Waals surface area contributed by atoms with Crippen LogP contribution in [0.15, 0.2) is 60.7 Å². The van der Waals surface area contributed by atoms with E-state index in [-0.39, 0.29) is 12.1 Å². The molecule has 6 nitrogen and oxygen atoms in total. The number of nitrogens with zero attached hydrogens (tertiary/aromatic N) is 2. The molecule has 1 heterocycles. The summed E-state index contributed by atoms with van der Waals surface area (Å²) in [6.45, 7) is 0. The van der Waals surface area contributed by atoms with Crippen molar-refractivity contribution in [2.24, 2.45) is 5.73 Å². The van der Waals surface area contributed by atoms with Gasteiger partial charge >= 0.3 is 0 Å². The van der Waals surface area contributed by atoms with Crippen LogP contribution in [0, 0.1) is 11.3 Å². The molecule has 0 saturated heterocycles. The number of carbonyl (C=O) groups is 2.